The number of hydrogen-bond donors (Lipinski definition) is 0. The first-order valence-electron chi connectivity index (χ1n) is 5.59. The first-order valence-corrected chi connectivity index (χ1v) is 6.76. The molecule has 0 aromatic carbocycles. The first kappa shape index (κ1) is 14.1. The fraction of sp³-hybridized carbons (Fsp3) is 0.231. The molecule has 100 valence electrons. The van der Waals surface area contributed by atoms with Gasteiger partial charge in [-0.2, -0.15) is 0 Å². The Bertz CT molecular complexity index is 592. The van der Waals surface area contributed by atoms with Gasteiger partial charge in [0.15, 0.2) is 4.67 Å². The van der Waals surface area contributed by atoms with Gasteiger partial charge in [0.2, 0.25) is 0 Å². The topological polar surface area (TPSA) is 46.3 Å². The molecule has 0 fully saturated rings. The van der Waals surface area contributed by atoms with Gasteiger partial charge in [0, 0.05) is 18.3 Å². The second-order valence-electron chi connectivity index (χ2n) is 4.19. The Labute approximate surface area is 124 Å². The van der Waals surface area contributed by atoms with Crippen LogP contribution >= 0.6 is 27.5 Å². The van der Waals surface area contributed by atoms with Crippen molar-refractivity contribution in [3.63, 3.8) is 0 Å². The Hall–Kier alpha value is -1.33. The maximum absolute atomic E-state index is 12.2. The molecule has 0 spiro atoms. The molecular formula is C13H12BrClN2O2. The van der Waals surface area contributed by atoms with Crippen LogP contribution in [0, 0.1) is 6.92 Å². The number of furan rings is 1. The summed E-state index contributed by atoms with van der Waals surface area (Å²) >= 11 is 9.08. The highest BCUT2D eigenvalue weighted by Gasteiger charge is 2.15. The molecule has 1 amide bonds. The van der Waals surface area contributed by atoms with Crippen LogP contribution in [0.4, 0.5) is 0 Å². The Balaban J connectivity index is 2.14. The van der Waals surface area contributed by atoms with E-state index in [0.717, 1.165) is 0 Å². The standard InChI is InChI=1S/C13H12BrClN2O2/c1-8-5-9(6-12(15)16-8)13(18)17(2)7-10-3-4-11(14)19-10/h3-6H,7H2,1-2H3. The van der Waals surface area contributed by atoms with Crippen LogP contribution in [0.3, 0.4) is 0 Å². The normalized spacial score (nSPS) is 10.5. The van der Waals surface area contributed by atoms with Gasteiger partial charge in [-0.05, 0) is 47.1 Å². The van der Waals surface area contributed by atoms with E-state index in [0.29, 0.717) is 33.4 Å². The number of nitrogens with zero attached hydrogens (tertiary/aromatic N) is 2. The minimum absolute atomic E-state index is 0.125. The highest BCUT2D eigenvalue weighted by atomic mass is 79.9. The quantitative estimate of drug-likeness (QED) is 0.799. The Morgan fingerprint density at radius 3 is 2.79 bits per heavy atom. The zero-order chi connectivity index (χ0) is 14.0. The van der Waals surface area contributed by atoms with Crippen LogP contribution in [-0.4, -0.2) is 22.8 Å². The molecule has 0 N–H and O–H groups in total. The zero-order valence-corrected chi connectivity index (χ0v) is 12.8. The summed E-state index contributed by atoms with van der Waals surface area (Å²) in [5.41, 5.74) is 1.23. The number of pyridine rings is 1. The van der Waals surface area contributed by atoms with E-state index >= 15 is 0 Å². The molecule has 0 aliphatic rings. The highest BCUT2D eigenvalue weighted by molar-refractivity contribution is 9.10. The van der Waals surface area contributed by atoms with Crippen LogP contribution in [0.1, 0.15) is 21.8 Å². The van der Waals surface area contributed by atoms with E-state index in [1.807, 2.05) is 6.07 Å². The molecule has 2 heterocycles. The second-order valence-corrected chi connectivity index (χ2v) is 5.36. The average Bonchev–Trinajstić information content (AvgIpc) is 2.72. The Morgan fingerprint density at radius 1 is 1.47 bits per heavy atom. The van der Waals surface area contributed by atoms with Crippen molar-refractivity contribution in [2.24, 2.45) is 0 Å². The van der Waals surface area contributed by atoms with Crippen LogP contribution < -0.4 is 0 Å². The molecule has 0 saturated carbocycles. The second kappa shape index (κ2) is 5.75. The summed E-state index contributed by atoms with van der Waals surface area (Å²) in [6, 6.07) is 6.88. The third-order valence-electron chi connectivity index (χ3n) is 2.54. The van der Waals surface area contributed by atoms with E-state index in [4.69, 9.17) is 16.0 Å². The lowest BCUT2D eigenvalue weighted by molar-refractivity contribution is 0.0775. The molecule has 4 nitrogen and oxygen atoms in total. The van der Waals surface area contributed by atoms with Crippen LogP contribution in [0.15, 0.2) is 33.4 Å². The third kappa shape index (κ3) is 3.58. The van der Waals surface area contributed by atoms with E-state index in [-0.39, 0.29) is 5.91 Å². The molecule has 2 rings (SSSR count). The average molecular weight is 344 g/mol. The van der Waals surface area contributed by atoms with Gasteiger partial charge in [0.1, 0.15) is 10.9 Å². The van der Waals surface area contributed by atoms with E-state index in [1.165, 1.54) is 0 Å². The van der Waals surface area contributed by atoms with E-state index in [2.05, 4.69) is 20.9 Å². The molecule has 6 heteroatoms. The largest absolute Gasteiger partial charge is 0.452 e. The lowest BCUT2D eigenvalue weighted by Gasteiger charge is -2.16. The molecule has 0 bridgehead atoms. The number of halogens is 2. The van der Waals surface area contributed by atoms with Crippen molar-refractivity contribution in [1.29, 1.82) is 0 Å². The van der Waals surface area contributed by atoms with Crippen molar-refractivity contribution in [3.05, 3.63) is 51.1 Å². The third-order valence-corrected chi connectivity index (χ3v) is 3.16. The van der Waals surface area contributed by atoms with Crippen LogP contribution in [0.25, 0.3) is 0 Å². The molecule has 0 atom stereocenters. The summed E-state index contributed by atoms with van der Waals surface area (Å²) in [7, 11) is 1.71. The number of carbonyl (C=O) groups is 1. The molecule has 0 radical (unpaired) electrons. The summed E-state index contributed by atoms with van der Waals surface area (Å²) in [4.78, 5) is 17.8. The van der Waals surface area contributed by atoms with Gasteiger partial charge >= 0.3 is 0 Å². The van der Waals surface area contributed by atoms with Crippen LogP contribution in [0.2, 0.25) is 5.15 Å². The van der Waals surface area contributed by atoms with Crippen molar-refractivity contribution in [3.8, 4) is 0 Å². The summed E-state index contributed by atoms with van der Waals surface area (Å²) < 4.78 is 6.02. The Kier molecular flexibility index (Phi) is 4.27. The summed E-state index contributed by atoms with van der Waals surface area (Å²) in [5, 5.41) is 0.317. The molecule has 0 aliphatic heterocycles. The fourth-order valence-electron chi connectivity index (χ4n) is 1.71. The van der Waals surface area contributed by atoms with Crippen molar-refractivity contribution < 1.29 is 9.21 Å². The smallest absolute Gasteiger partial charge is 0.254 e. The SMILES string of the molecule is Cc1cc(C(=O)N(C)Cc2ccc(Br)o2)cc(Cl)n1. The van der Waals surface area contributed by atoms with Crippen LogP contribution in [0.5, 0.6) is 0 Å². The number of hydrogen-bond acceptors (Lipinski definition) is 3. The zero-order valence-electron chi connectivity index (χ0n) is 10.5. The van der Waals surface area contributed by atoms with Gasteiger partial charge in [-0.3, -0.25) is 4.79 Å². The van der Waals surface area contributed by atoms with Gasteiger partial charge in [0.25, 0.3) is 5.91 Å². The van der Waals surface area contributed by atoms with E-state index in [9.17, 15) is 4.79 Å². The van der Waals surface area contributed by atoms with Gasteiger partial charge in [-0.25, -0.2) is 4.98 Å². The monoisotopic (exact) mass is 342 g/mol. The first-order chi connectivity index (χ1) is 8.95. The van der Waals surface area contributed by atoms with Crippen molar-refractivity contribution in [1.82, 2.24) is 9.88 Å². The van der Waals surface area contributed by atoms with E-state index in [1.54, 1.807) is 37.1 Å². The number of amides is 1. The van der Waals surface area contributed by atoms with Crippen molar-refractivity contribution >= 4 is 33.4 Å². The number of aromatic nitrogens is 1. The van der Waals surface area contributed by atoms with Crippen molar-refractivity contribution in [2.75, 3.05) is 7.05 Å². The molecule has 2 aromatic heterocycles. The molecule has 0 unspecified atom stereocenters. The maximum atomic E-state index is 12.2. The number of carbonyl (C=O) groups excluding carboxylic acids is 1. The summed E-state index contributed by atoms with van der Waals surface area (Å²) in [5.74, 6) is 0.583. The predicted molar refractivity (Wildman–Crippen MR) is 76.2 cm³/mol. The van der Waals surface area contributed by atoms with Gasteiger partial charge in [-0.1, -0.05) is 11.6 Å². The van der Waals surface area contributed by atoms with E-state index < -0.39 is 0 Å². The predicted octanol–water partition coefficient (Wildman–Crippen LogP) is 3.67. The maximum Gasteiger partial charge on any atom is 0.254 e. The fourth-order valence-corrected chi connectivity index (χ4v) is 2.31. The molecule has 19 heavy (non-hydrogen) atoms. The molecular weight excluding hydrogens is 332 g/mol. The Morgan fingerprint density at radius 2 is 2.21 bits per heavy atom. The van der Waals surface area contributed by atoms with Crippen molar-refractivity contribution in [2.45, 2.75) is 13.5 Å². The van der Waals surface area contributed by atoms with Gasteiger partial charge < -0.3 is 9.32 Å². The van der Waals surface area contributed by atoms with Gasteiger partial charge in [-0.15, -0.1) is 0 Å². The van der Waals surface area contributed by atoms with Gasteiger partial charge in [0.05, 0.1) is 6.54 Å². The molecule has 0 aliphatic carbocycles. The summed E-state index contributed by atoms with van der Waals surface area (Å²) in [6.45, 7) is 2.19. The minimum atomic E-state index is -0.125. The lowest BCUT2D eigenvalue weighted by atomic mass is 10.2. The number of aryl methyl sites for hydroxylation is 1. The van der Waals surface area contributed by atoms with Crippen LogP contribution in [-0.2, 0) is 6.54 Å². The highest BCUT2D eigenvalue weighted by Crippen LogP contribution is 2.17. The molecule has 2 aromatic rings. The minimum Gasteiger partial charge on any atom is -0.452 e. The number of rotatable bonds is 3. The lowest BCUT2D eigenvalue weighted by Crippen LogP contribution is -2.26. The molecule has 0 saturated heterocycles. The summed E-state index contributed by atoms with van der Waals surface area (Å²) in [6.07, 6.45) is 0.